The van der Waals surface area contributed by atoms with Gasteiger partial charge < -0.3 is 5.32 Å². The van der Waals surface area contributed by atoms with Crippen molar-refractivity contribution in [1.82, 2.24) is 0 Å². The lowest BCUT2D eigenvalue weighted by Crippen LogP contribution is -2.13. The molecule has 5 nitrogen and oxygen atoms in total. The highest BCUT2D eigenvalue weighted by Crippen LogP contribution is 2.26. The molecule has 7 heteroatoms. The molecule has 0 atom stereocenters. The van der Waals surface area contributed by atoms with Gasteiger partial charge in [0.1, 0.15) is 0 Å². The van der Waals surface area contributed by atoms with Gasteiger partial charge in [-0.05, 0) is 62.8 Å². The van der Waals surface area contributed by atoms with Crippen molar-refractivity contribution in [2.75, 3.05) is 5.32 Å². The number of para-hydroxylation sites is 1. The summed E-state index contributed by atoms with van der Waals surface area (Å²) >= 11 is 5.19. The Morgan fingerprint density at radius 3 is 2.60 bits per heavy atom. The highest BCUT2D eigenvalue weighted by molar-refractivity contribution is 14.1. The zero-order valence-corrected chi connectivity index (χ0v) is 13.7. The lowest BCUT2D eigenvalue weighted by molar-refractivity contribution is -0.385. The first kappa shape index (κ1) is 14.9. The van der Waals surface area contributed by atoms with Gasteiger partial charge in [-0.25, -0.2) is 0 Å². The lowest BCUT2D eigenvalue weighted by Gasteiger charge is -2.07. The minimum absolute atomic E-state index is 0.139. The number of rotatable bonds is 3. The average molecular weight is 447 g/mol. The Kier molecular flexibility index (Phi) is 4.71. The zero-order valence-electron chi connectivity index (χ0n) is 9.97. The van der Waals surface area contributed by atoms with E-state index in [0.29, 0.717) is 10.2 Å². The predicted molar refractivity (Wildman–Crippen MR) is 87.9 cm³/mol. The van der Waals surface area contributed by atoms with Crippen LogP contribution < -0.4 is 5.32 Å². The lowest BCUT2D eigenvalue weighted by atomic mass is 10.2. The molecule has 2 aromatic rings. The summed E-state index contributed by atoms with van der Waals surface area (Å²) in [6.45, 7) is 0. The van der Waals surface area contributed by atoms with E-state index < -0.39 is 4.92 Å². The Hall–Kier alpha value is -1.48. The fraction of sp³-hybridized carbons (Fsp3) is 0. The van der Waals surface area contributed by atoms with Crippen molar-refractivity contribution < 1.29 is 9.72 Å². The number of hydrogen-bond donors (Lipinski definition) is 1. The van der Waals surface area contributed by atoms with Gasteiger partial charge in [0.15, 0.2) is 0 Å². The quantitative estimate of drug-likeness (QED) is 0.436. The van der Waals surface area contributed by atoms with Crippen LogP contribution in [0.15, 0.2) is 46.9 Å². The summed E-state index contributed by atoms with van der Waals surface area (Å²) in [4.78, 5) is 22.4. The Morgan fingerprint density at radius 2 is 1.95 bits per heavy atom. The van der Waals surface area contributed by atoms with Crippen LogP contribution in [0.1, 0.15) is 10.4 Å². The molecule has 0 aliphatic heterocycles. The molecule has 1 amide bonds. The van der Waals surface area contributed by atoms with Gasteiger partial charge in [-0.1, -0.05) is 12.1 Å². The molecule has 20 heavy (non-hydrogen) atoms. The number of amides is 1. The molecule has 0 unspecified atom stereocenters. The average Bonchev–Trinajstić information content (AvgIpc) is 2.41. The molecule has 0 heterocycles. The molecular weight excluding hydrogens is 439 g/mol. The molecule has 0 saturated heterocycles. The number of carbonyl (C=O) groups is 1. The van der Waals surface area contributed by atoms with Crippen LogP contribution in [-0.2, 0) is 0 Å². The molecule has 2 rings (SSSR count). The van der Waals surface area contributed by atoms with E-state index in [0.717, 1.165) is 3.57 Å². The van der Waals surface area contributed by atoms with Gasteiger partial charge in [0.05, 0.1) is 15.1 Å². The van der Waals surface area contributed by atoms with Crippen LogP contribution in [0, 0.1) is 13.7 Å². The molecule has 0 saturated carbocycles. The summed E-state index contributed by atoms with van der Waals surface area (Å²) in [5, 5.41) is 13.6. The van der Waals surface area contributed by atoms with Gasteiger partial charge in [-0.15, -0.1) is 0 Å². The van der Waals surface area contributed by atoms with Crippen molar-refractivity contribution >= 4 is 55.8 Å². The van der Waals surface area contributed by atoms with E-state index >= 15 is 0 Å². The van der Waals surface area contributed by atoms with Crippen LogP contribution in [0.5, 0.6) is 0 Å². The third-order valence-electron chi connectivity index (χ3n) is 2.53. The molecule has 0 aliphatic rings. The van der Waals surface area contributed by atoms with Crippen LogP contribution in [0.25, 0.3) is 0 Å². The fourth-order valence-electron chi connectivity index (χ4n) is 1.55. The van der Waals surface area contributed by atoms with E-state index in [1.54, 1.807) is 6.07 Å². The summed E-state index contributed by atoms with van der Waals surface area (Å²) in [7, 11) is 0. The number of nitrogens with one attached hydrogen (secondary N) is 1. The fourth-order valence-corrected chi connectivity index (χ4v) is 2.46. The van der Waals surface area contributed by atoms with Crippen molar-refractivity contribution in [3.05, 3.63) is 66.2 Å². The molecule has 102 valence electrons. The van der Waals surface area contributed by atoms with Crippen molar-refractivity contribution in [2.45, 2.75) is 0 Å². The van der Waals surface area contributed by atoms with Crippen LogP contribution in [0.2, 0.25) is 0 Å². The van der Waals surface area contributed by atoms with Gasteiger partial charge in [0.2, 0.25) is 0 Å². The van der Waals surface area contributed by atoms with Crippen LogP contribution in [0.4, 0.5) is 11.4 Å². The number of nitro benzene ring substituents is 1. The molecule has 0 fully saturated rings. The van der Waals surface area contributed by atoms with E-state index in [1.807, 2.05) is 18.2 Å². The van der Waals surface area contributed by atoms with Gasteiger partial charge in [0, 0.05) is 15.2 Å². The highest BCUT2D eigenvalue weighted by atomic mass is 127. The number of halogens is 2. The van der Waals surface area contributed by atoms with E-state index in [2.05, 4.69) is 43.8 Å². The third kappa shape index (κ3) is 3.34. The van der Waals surface area contributed by atoms with E-state index in [4.69, 9.17) is 0 Å². The summed E-state index contributed by atoms with van der Waals surface area (Å²) in [6, 6.07) is 11.6. The molecule has 0 bridgehead atoms. The van der Waals surface area contributed by atoms with Gasteiger partial charge in [-0.2, -0.15) is 0 Å². The largest absolute Gasteiger partial charge is 0.321 e. The van der Waals surface area contributed by atoms with Crippen LogP contribution >= 0.6 is 38.5 Å². The van der Waals surface area contributed by atoms with Crippen molar-refractivity contribution in [3.8, 4) is 0 Å². The molecule has 2 aromatic carbocycles. The van der Waals surface area contributed by atoms with E-state index in [-0.39, 0.29) is 17.2 Å². The summed E-state index contributed by atoms with van der Waals surface area (Å²) in [6.07, 6.45) is 0. The first-order valence-corrected chi connectivity index (χ1v) is 7.36. The maximum Gasteiger partial charge on any atom is 0.284 e. The highest BCUT2D eigenvalue weighted by Gasteiger charge is 2.16. The van der Waals surface area contributed by atoms with Crippen molar-refractivity contribution in [3.63, 3.8) is 0 Å². The van der Waals surface area contributed by atoms with E-state index in [9.17, 15) is 14.9 Å². The van der Waals surface area contributed by atoms with Crippen molar-refractivity contribution in [2.24, 2.45) is 0 Å². The second-order valence-corrected chi connectivity index (χ2v) is 5.87. The van der Waals surface area contributed by atoms with Crippen molar-refractivity contribution in [1.29, 1.82) is 0 Å². The predicted octanol–water partition coefficient (Wildman–Crippen LogP) is 4.21. The molecule has 0 radical (unpaired) electrons. The normalized spacial score (nSPS) is 10.1. The molecule has 0 aliphatic carbocycles. The van der Waals surface area contributed by atoms with Crippen LogP contribution in [-0.4, -0.2) is 10.8 Å². The zero-order chi connectivity index (χ0) is 14.7. The Bertz CT molecular complexity index is 691. The second-order valence-electron chi connectivity index (χ2n) is 3.86. The van der Waals surface area contributed by atoms with Gasteiger partial charge in [-0.3, -0.25) is 14.9 Å². The Balaban J connectivity index is 2.28. The first-order chi connectivity index (χ1) is 9.49. The number of carbonyl (C=O) groups excluding carboxylic acids is 1. The third-order valence-corrected chi connectivity index (χ3v) is 4.14. The minimum atomic E-state index is -0.535. The van der Waals surface area contributed by atoms with Crippen LogP contribution in [0.3, 0.4) is 0 Å². The SMILES string of the molecule is O=C(Nc1ccccc1I)c1ccc(Br)c([N+](=O)[O-])c1. The van der Waals surface area contributed by atoms with E-state index in [1.165, 1.54) is 18.2 Å². The van der Waals surface area contributed by atoms with Gasteiger partial charge >= 0.3 is 0 Å². The molecule has 1 N–H and O–H groups in total. The Labute approximate surface area is 136 Å². The number of anilines is 1. The maximum atomic E-state index is 12.1. The topological polar surface area (TPSA) is 72.2 Å². The second kappa shape index (κ2) is 6.31. The smallest absolute Gasteiger partial charge is 0.284 e. The molecular formula is C13H8BrIN2O3. The first-order valence-electron chi connectivity index (χ1n) is 5.49. The number of hydrogen-bond acceptors (Lipinski definition) is 3. The minimum Gasteiger partial charge on any atom is -0.321 e. The number of benzene rings is 2. The summed E-state index contributed by atoms with van der Waals surface area (Å²) in [5.41, 5.74) is 0.767. The summed E-state index contributed by atoms with van der Waals surface area (Å²) < 4.78 is 1.23. The monoisotopic (exact) mass is 446 g/mol. The van der Waals surface area contributed by atoms with Gasteiger partial charge in [0.25, 0.3) is 11.6 Å². The maximum absolute atomic E-state index is 12.1. The summed E-state index contributed by atoms with van der Waals surface area (Å²) in [5.74, 6) is -0.385. The standard InChI is InChI=1S/C13H8BrIN2O3/c14-9-6-5-8(7-12(9)17(19)20)13(18)16-11-4-2-1-3-10(11)15/h1-7H,(H,16,18). The number of nitrogens with zero attached hydrogens (tertiary/aromatic N) is 1. The Morgan fingerprint density at radius 1 is 1.25 bits per heavy atom. The molecule has 0 aromatic heterocycles. The number of nitro groups is 1. The molecule has 0 spiro atoms.